The van der Waals surface area contributed by atoms with Crippen LogP contribution in [0.25, 0.3) is 0 Å². The van der Waals surface area contributed by atoms with Crippen LogP contribution in [0.5, 0.6) is 0 Å². The van der Waals surface area contributed by atoms with E-state index in [1.807, 2.05) is 0 Å². The number of carbonyl (C=O) groups excluding carboxylic acids is 2. The van der Waals surface area contributed by atoms with E-state index in [1.54, 1.807) is 6.92 Å². The molecule has 84 valence electrons. The first-order valence-corrected chi connectivity index (χ1v) is 5.17. The zero-order valence-corrected chi connectivity index (χ0v) is 9.61. The Bertz CT molecular complexity index is 312. The summed E-state index contributed by atoms with van der Waals surface area (Å²) in [7, 11) is 1.52. The van der Waals surface area contributed by atoms with Crippen molar-refractivity contribution in [3.63, 3.8) is 0 Å². The van der Waals surface area contributed by atoms with Gasteiger partial charge in [0, 0.05) is 7.05 Å². The van der Waals surface area contributed by atoms with Crippen molar-refractivity contribution in [1.29, 1.82) is 0 Å². The fourth-order valence-corrected chi connectivity index (χ4v) is 1.62. The lowest BCUT2D eigenvalue weighted by atomic mass is 10.1. The maximum absolute atomic E-state index is 11.7. The highest BCUT2D eigenvalue weighted by Crippen LogP contribution is 2.46. The van der Waals surface area contributed by atoms with Crippen molar-refractivity contribution in [3.8, 4) is 0 Å². The third-order valence-corrected chi connectivity index (χ3v) is 3.03. The maximum Gasteiger partial charge on any atom is 0.242 e. The van der Waals surface area contributed by atoms with Crippen LogP contribution in [0.4, 0.5) is 0 Å². The molecule has 2 amide bonds. The lowest BCUT2D eigenvalue weighted by Crippen LogP contribution is -2.48. The van der Waals surface area contributed by atoms with E-state index in [-0.39, 0.29) is 16.8 Å². The monoisotopic (exact) mass is 229 g/mol. The van der Waals surface area contributed by atoms with Gasteiger partial charge in [-0.1, -0.05) is 12.2 Å². The van der Waals surface area contributed by atoms with Crippen molar-refractivity contribution < 1.29 is 9.59 Å². The zero-order valence-electron chi connectivity index (χ0n) is 8.79. The number of amides is 2. The van der Waals surface area contributed by atoms with Gasteiger partial charge in [-0.05, 0) is 19.8 Å². The molecule has 0 spiro atoms. The molecular formula is C9H15N3O2S. The molecule has 1 aliphatic carbocycles. The van der Waals surface area contributed by atoms with E-state index in [4.69, 9.17) is 18.0 Å². The first-order chi connectivity index (χ1) is 6.94. The normalized spacial score (nSPS) is 18.8. The van der Waals surface area contributed by atoms with E-state index in [2.05, 4.69) is 10.6 Å². The van der Waals surface area contributed by atoms with Crippen molar-refractivity contribution >= 4 is 29.0 Å². The first-order valence-electron chi connectivity index (χ1n) is 4.76. The van der Waals surface area contributed by atoms with Crippen molar-refractivity contribution in [2.45, 2.75) is 25.8 Å². The van der Waals surface area contributed by atoms with Crippen LogP contribution >= 0.6 is 12.2 Å². The smallest absolute Gasteiger partial charge is 0.242 e. The van der Waals surface area contributed by atoms with Gasteiger partial charge in [-0.2, -0.15) is 0 Å². The third kappa shape index (κ3) is 2.26. The van der Waals surface area contributed by atoms with E-state index in [1.165, 1.54) is 7.05 Å². The van der Waals surface area contributed by atoms with Gasteiger partial charge in [-0.25, -0.2) is 0 Å². The van der Waals surface area contributed by atoms with Crippen molar-refractivity contribution in [2.75, 3.05) is 7.05 Å². The highest BCUT2D eigenvalue weighted by Gasteiger charge is 2.53. The van der Waals surface area contributed by atoms with Gasteiger partial charge in [-0.3, -0.25) is 9.59 Å². The van der Waals surface area contributed by atoms with Crippen LogP contribution in [0.2, 0.25) is 0 Å². The number of nitrogens with one attached hydrogen (secondary N) is 2. The van der Waals surface area contributed by atoms with Gasteiger partial charge in [0.2, 0.25) is 11.8 Å². The standard InChI is InChI=1S/C9H15N3O2S/c1-5(6(13)11-2)12-8(14)9(3-4-9)7(10)15/h5H,3-4H2,1-2H3,(H2,10,15)(H,11,13)(H,12,14). The predicted octanol–water partition coefficient (Wildman–Crippen LogP) is -0.697. The fourth-order valence-electron chi connectivity index (χ4n) is 1.33. The molecule has 1 atom stereocenters. The third-order valence-electron chi connectivity index (χ3n) is 2.64. The number of thiocarbonyl (C=S) groups is 1. The van der Waals surface area contributed by atoms with E-state index in [0.717, 1.165) is 0 Å². The predicted molar refractivity (Wildman–Crippen MR) is 60.1 cm³/mol. The van der Waals surface area contributed by atoms with Crippen LogP contribution in [-0.2, 0) is 9.59 Å². The number of nitrogens with two attached hydrogens (primary N) is 1. The Labute approximate surface area is 93.8 Å². The first kappa shape index (κ1) is 11.9. The highest BCUT2D eigenvalue weighted by molar-refractivity contribution is 7.80. The van der Waals surface area contributed by atoms with Gasteiger partial charge >= 0.3 is 0 Å². The van der Waals surface area contributed by atoms with Gasteiger partial charge in [0.15, 0.2) is 0 Å². The molecule has 0 heterocycles. The molecule has 0 aromatic carbocycles. The summed E-state index contributed by atoms with van der Waals surface area (Å²) in [6.07, 6.45) is 1.35. The lowest BCUT2D eigenvalue weighted by Gasteiger charge is -2.17. The average molecular weight is 229 g/mol. The Morgan fingerprint density at radius 1 is 1.47 bits per heavy atom. The highest BCUT2D eigenvalue weighted by atomic mass is 32.1. The summed E-state index contributed by atoms with van der Waals surface area (Å²) in [5, 5.41) is 5.05. The summed E-state index contributed by atoms with van der Waals surface area (Å²) in [6, 6.07) is -0.561. The summed E-state index contributed by atoms with van der Waals surface area (Å²) in [5.74, 6) is -0.479. The second-order valence-corrected chi connectivity index (χ2v) is 4.20. The Morgan fingerprint density at radius 3 is 2.33 bits per heavy atom. The second kappa shape index (κ2) is 4.14. The Kier molecular flexibility index (Phi) is 3.28. The van der Waals surface area contributed by atoms with E-state index < -0.39 is 11.5 Å². The number of rotatable bonds is 4. The van der Waals surface area contributed by atoms with Crippen molar-refractivity contribution in [2.24, 2.45) is 11.1 Å². The van der Waals surface area contributed by atoms with E-state index >= 15 is 0 Å². The molecule has 6 heteroatoms. The molecule has 0 aromatic heterocycles. The molecule has 1 fully saturated rings. The van der Waals surface area contributed by atoms with Gasteiger partial charge in [0.1, 0.15) is 6.04 Å². The van der Waals surface area contributed by atoms with Crippen LogP contribution in [0, 0.1) is 5.41 Å². The molecule has 15 heavy (non-hydrogen) atoms. The summed E-state index contributed by atoms with van der Waals surface area (Å²) < 4.78 is 0. The average Bonchev–Trinajstić information content (AvgIpc) is 2.96. The molecule has 1 unspecified atom stereocenters. The van der Waals surface area contributed by atoms with Crippen LogP contribution in [0.3, 0.4) is 0 Å². The van der Waals surface area contributed by atoms with Crippen LogP contribution < -0.4 is 16.4 Å². The molecule has 1 rings (SSSR count). The van der Waals surface area contributed by atoms with Crippen LogP contribution in [0.1, 0.15) is 19.8 Å². The van der Waals surface area contributed by atoms with E-state index in [0.29, 0.717) is 12.8 Å². The topological polar surface area (TPSA) is 84.2 Å². The van der Waals surface area contributed by atoms with Gasteiger partial charge in [0.05, 0.1) is 10.4 Å². The fraction of sp³-hybridized carbons (Fsp3) is 0.667. The molecule has 5 nitrogen and oxygen atoms in total. The largest absolute Gasteiger partial charge is 0.392 e. The Balaban J connectivity index is 2.57. The quantitative estimate of drug-likeness (QED) is 0.557. The molecule has 0 saturated heterocycles. The van der Waals surface area contributed by atoms with Gasteiger partial charge in [0.25, 0.3) is 0 Å². The minimum absolute atomic E-state index is 0.212. The summed E-state index contributed by atoms with van der Waals surface area (Å²) in [5.41, 5.74) is 4.79. The number of likely N-dealkylation sites (N-methyl/N-ethyl adjacent to an activating group) is 1. The number of hydrogen-bond acceptors (Lipinski definition) is 3. The molecular weight excluding hydrogens is 214 g/mol. The van der Waals surface area contributed by atoms with Crippen molar-refractivity contribution in [1.82, 2.24) is 10.6 Å². The number of hydrogen-bond donors (Lipinski definition) is 3. The Morgan fingerprint density at radius 2 is 2.00 bits per heavy atom. The summed E-state index contributed by atoms with van der Waals surface area (Å²) in [4.78, 5) is 23.1. The maximum atomic E-state index is 11.7. The summed E-state index contributed by atoms with van der Waals surface area (Å²) >= 11 is 4.83. The molecule has 0 aliphatic heterocycles. The van der Waals surface area contributed by atoms with Gasteiger partial charge in [-0.15, -0.1) is 0 Å². The lowest BCUT2D eigenvalue weighted by molar-refractivity contribution is -0.129. The van der Waals surface area contributed by atoms with Gasteiger partial charge < -0.3 is 16.4 Å². The zero-order chi connectivity index (χ0) is 11.6. The Hall–Kier alpha value is -1.17. The van der Waals surface area contributed by atoms with Crippen LogP contribution in [0.15, 0.2) is 0 Å². The molecule has 1 saturated carbocycles. The number of carbonyl (C=O) groups is 2. The summed E-state index contributed by atoms with van der Waals surface area (Å²) in [6.45, 7) is 1.62. The second-order valence-electron chi connectivity index (χ2n) is 3.76. The SMILES string of the molecule is CNC(=O)C(C)NC(=O)C1(C(N)=S)CC1. The minimum atomic E-state index is -0.697. The molecule has 1 aliphatic rings. The molecule has 0 radical (unpaired) electrons. The minimum Gasteiger partial charge on any atom is -0.392 e. The van der Waals surface area contributed by atoms with Crippen LogP contribution in [-0.4, -0.2) is 29.9 Å². The van der Waals surface area contributed by atoms with E-state index in [9.17, 15) is 9.59 Å². The van der Waals surface area contributed by atoms with Crippen molar-refractivity contribution in [3.05, 3.63) is 0 Å². The molecule has 4 N–H and O–H groups in total. The molecule has 0 bridgehead atoms. The molecule has 0 aromatic rings.